The van der Waals surface area contributed by atoms with Gasteiger partial charge in [-0.1, -0.05) is 44.2 Å². The number of non-ortho nitro benzene ring substituents is 1. The zero-order valence-corrected chi connectivity index (χ0v) is 17.3. The Morgan fingerprint density at radius 3 is 2.21 bits per heavy atom. The lowest BCUT2D eigenvalue weighted by atomic mass is 10.1. The fourth-order valence-corrected chi connectivity index (χ4v) is 3.32. The summed E-state index contributed by atoms with van der Waals surface area (Å²) in [4.78, 5) is 25.2. The molecule has 0 aromatic heterocycles. The summed E-state index contributed by atoms with van der Waals surface area (Å²) in [5.41, 5.74) is 1.70. The van der Waals surface area contributed by atoms with Gasteiger partial charge < -0.3 is 4.74 Å². The van der Waals surface area contributed by atoms with Crippen LogP contribution in [0.1, 0.15) is 55.5 Å². The number of hydrogen-bond donors (Lipinski definition) is 0. The van der Waals surface area contributed by atoms with Gasteiger partial charge in [0, 0.05) is 25.2 Å². The van der Waals surface area contributed by atoms with Crippen LogP contribution >= 0.6 is 0 Å². The molecule has 29 heavy (non-hydrogen) atoms. The fraction of sp³-hybridized carbons (Fsp3) is 0.435. The average molecular weight is 399 g/mol. The minimum Gasteiger partial charge on any atom is -0.443 e. The number of nitrogens with zero attached hydrogens (tertiary/aromatic N) is 2. The number of carbonyl (C=O) groups excluding carboxylic acids is 1. The number of ether oxygens (including phenoxy) is 1. The van der Waals surface area contributed by atoms with E-state index in [1.165, 1.54) is 12.1 Å². The fourth-order valence-electron chi connectivity index (χ4n) is 3.32. The third-order valence-corrected chi connectivity index (χ3v) is 4.75. The molecular formula is C23H30N2O4. The summed E-state index contributed by atoms with van der Waals surface area (Å²) < 4.78 is 5.89. The minimum absolute atomic E-state index is 0.0977. The molecule has 0 N–H and O–H groups in total. The van der Waals surface area contributed by atoms with Crippen molar-refractivity contribution in [2.24, 2.45) is 0 Å². The standard InChI is InChI=1S/C23H30N2O4/c1-3-17-24(18-4-2)22(29-23(26)20-10-6-5-7-11-20)12-8-9-19-13-15-21(16-14-19)25(27)28/h5-7,10-11,13-16,22H,3-4,8-9,12,17-18H2,1-2H3. The Bertz CT molecular complexity index is 756. The Hall–Kier alpha value is -2.73. The van der Waals surface area contributed by atoms with Gasteiger partial charge in [-0.15, -0.1) is 0 Å². The highest BCUT2D eigenvalue weighted by Crippen LogP contribution is 2.18. The number of carbonyl (C=O) groups is 1. The molecule has 2 aromatic rings. The van der Waals surface area contributed by atoms with Crippen molar-refractivity contribution >= 4 is 11.7 Å². The molecule has 0 aliphatic carbocycles. The van der Waals surface area contributed by atoms with Crippen LogP contribution in [0.4, 0.5) is 5.69 Å². The van der Waals surface area contributed by atoms with Gasteiger partial charge >= 0.3 is 5.97 Å². The van der Waals surface area contributed by atoms with Crippen LogP contribution in [0.3, 0.4) is 0 Å². The van der Waals surface area contributed by atoms with Crippen molar-refractivity contribution in [3.63, 3.8) is 0 Å². The van der Waals surface area contributed by atoms with Crippen molar-refractivity contribution in [2.75, 3.05) is 13.1 Å². The van der Waals surface area contributed by atoms with Crippen molar-refractivity contribution in [2.45, 2.75) is 52.2 Å². The maximum atomic E-state index is 12.6. The first-order valence-corrected chi connectivity index (χ1v) is 10.3. The quantitative estimate of drug-likeness (QED) is 0.212. The molecule has 0 amide bonds. The van der Waals surface area contributed by atoms with Crippen LogP contribution in [0, 0.1) is 10.1 Å². The summed E-state index contributed by atoms with van der Waals surface area (Å²) in [5.74, 6) is -0.303. The van der Waals surface area contributed by atoms with Crippen LogP contribution < -0.4 is 0 Å². The van der Waals surface area contributed by atoms with Crippen LogP contribution in [0.15, 0.2) is 54.6 Å². The summed E-state index contributed by atoms with van der Waals surface area (Å²) in [6, 6.07) is 15.7. The minimum atomic E-state index is -0.393. The van der Waals surface area contributed by atoms with E-state index in [1.807, 2.05) is 18.2 Å². The first-order valence-electron chi connectivity index (χ1n) is 10.3. The molecule has 0 bridgehead atoms. The number of esters is 1. The SMILES string of the molecule is CCCN(CCC)C(CCCc1ccc([N+](=O)[O-])cc1)OC(=O)c1ccccc1. The number of rotatable bonds is 12. The normalized spacial score (nSPS) is 12.0. The zero-order chi connectivity index (χ0) is 21.1. The first kappa shape index (κ1) is 22.6. The van der Waals surface area contributed by atoms with Gasteiger partial charge in [-0.3, -0.25) is 15.0 Å². The number of nitro benzene ring substituents is 1. The van der Waals surface area contributed by atoms with Gasteiger partial charge in [0.25, 0.3) is 5.69 Å². The predicted molar refractivity (Wildman–Crippen MR) is 114 cm³/mol. The highest BCUT2D eigenvalue weighted by molar-refractivity contribution is 5.89. The van der Waals surface area contributed by atoms with E-state index < -0.39 is 4.92 Å². The molecule has 0 heterocycles. The molecule has 6 heteroatoms. The van der Waals surface area contributed by atoms with Gasteiger partial charge in [0.1, 0.15) is 0 Å². The number of benzene rings is 2. The molecule has 1 unspecified atom stereocenters. The molecule has 0 aliphatic heterocycles. The van der Waals surface area contributed by atoms with Gasteiger partial charge in [0.05, 0.1) is 10.5 Å². The summed E-state index contributed by atoms with van der Waals surface area (Å²) in [6.07, 6.45) is 4.03. The third-order valence-electron chi connectivity index (χ3n) is 4.75. The number of aryl methyl sites for hydroxylation is 1. The van der Waals surface area contributed by atoms with Crippen molar-refractivity contribution in [1.82, 2.24) is 4.90 Å². The number of nitro groups is 1. The van der Waals surface area contributed by atoms with E-state index in [4.69, 9.17) is 4.74 Å². The molecule has 0 radical (unpaired) electrons. The van der Waals surface area contributed by atoms with Gasteiger partial charge in [0.2, 0.25) is 0 Å². The maximum Gasteiger partial charge on any atom is 0.339 e. The van der Waals surface area contributed by atoms with Gasteiger partial charge in [-0.05, 0) is 49.8 Å². The molecule has 6 nitrogen and oxygen atoms in total. The van der Waals surface area contributed by atoms with E-state index in [0.717, 1.165) is 50.8 Å². The van der Waals surface area contributed by atoms with Crippen LogP contribution in [0.25, 0.3) is 0 Å². The van der Waals surface area contributed by atoms with E-state index >= 15 is 0 Å². The lowest BCUT2D eigenvalue weighted by molar-refractivity contribution is -0.384. The molecule has 2 rings (SSSR count). The van der Waals surface area contributed by atoms with Crippen molar-refractivity contribution in [1.29, 1.82) is 0 Å². The average Bonchev–Trinajstić information content (AvgIpc) is 2.74. The first-order chi connectivity index (χ1) is 14.0. The topological polar surface area (TPSA) is 72.7 Å². The molecule has 156 valence electrons. The lowest BCUT2D eigenvalue weighted by Crippen LogP contribution is -2.40. The van der Waals surface area contributed by atoms with E-state index in [-0.39, 0.29) is 17.9 Å². The summed E-state index contributed by atoms with van der Waals surface area (Å²) in [5, 5.41) is 10.8. The Kier molecular flexibility index (Phi) is 9.31. The summed E-state index contributed by atoms with van der Waals surface area (Å²) >= 11 is 0. The maximum absolute atomic E-state index is 12.6. The molecule has 0 fully saturated rings. The van der Waals surface area contributed by atoms with Crippen molar-refractivity contribution in [3.05, 3.63) is 75.8 Å². The molecular weight excluding hydrogens is 368 g/mol. The second-order valence-electron chi connectivity index (χ2n) is 7.08. The molecule has 2 aromatic carbocycles. The van der Waals surface area contributed by atoms with Crippen LogP contribution in [0.2, 0.25) is 0 Å². The van der Waals surface area contributed by atoms with Crippen LogP contribution in [-0.2, 0) is 11.2 Å². The van der Waals surface area contributed by atoms with Gasteiger partial charge in [-0.2, -0.15) is 0 Å². The van der Waals surface area contributed by atoms with Crippen molar-refractivity contribution in [3.8, 4) is 0 Å². The third kappa shape index (κ3) is 7.31. The Labute approximate surface area is 172 Å². The summed E-state index contributed by atoms with van der Waals surface area (Å²) in [6.45, 7) is 5.99. The van der Waals surface area contributed by atoms with E-state index in [2.05, 4.69) is 18.7 Å². The lowest BCUT2D eigenvalue weighted by Gasteiger charge is -2.31. The highest BCUT2D eigenvalue weighted by atomic mass is 16.6. The second-order valence-corrected chi connectivity index (χ2v) is 7.08. The van der Waals surface area contributed by atoms with Crippen LogP contribution in [-0.4, -0.2) is 35.1 Å². The molecule has 0 spiro atoms. The zero-order valence-electron chi connectivity index (χ0n) is 17.3. The Morgan fingerprint density at radius 1 is 1.03 bits per heavy atom. The van der Waals surface area contributed by atoms with Gasteiger partial charge in [0.15, 0.2) is 6.23 Å². The van der Waals surface area contributed by atoms with Crippen molar-refractivity contribution < 1.29 is 14.5 Å². The van der Waals surface area contributed by atoms with E-state index in [1.54, 1.807) is 24.3 Å². The van der Waals surface area contributed by atoms with Gasteiger partial charge in [-0.25, -0.2) is 4.79 Å². The number of hydrogen-bond acceptors (Lipinski definition) is 5. The second kappa shape index (κ2) is 12.0. The molecule has 0 saturated carbocycles. The predicted octanol–water partition coefficient (Wildman–Crippen LogP) is 5.22. The molecule has 0 aliphatic rings. The largest absolute Gasteiger partial charge is 0.443 e. The highest BCUT2D eigenvalue weighted by Gasteiger charge is 2.22. The molecule has 0 saturated heterocycles. The monoisotopic (exact) mass is 398 g/mol. The van der Waals surface area contributed by atoms with E-state index in [9.17, 15) is 14.9 Å². The summed E-state index contributed by atoms with van der Waals surface area (Å²) in [7, 11) is 0. The van der Waals surface area contributed by atoms with E-state index in [0.29, 0.717) is 5.56 Å². The Morgan fingerprint density at radius 2 is 1.66 bits per heavy atom. The van der Waals surface area contributed by atoms with Crippen LogP contribution in [0.5, 0.6) is 0 Å². The Balaban J connectivity index is 2.01. The smallest absolute Gasteiger partial charge is 0.339 e. The molecule has 1 atom stereocenters.